The van der Waals surface area contributed by atoms with E-state index in [1.54, 1.807) is 0 Å². The van der Waals surface area contributed by atoms with Gasteiger partial charge in [0.05, 0.1) is 18.1 Å². The summed E-state index contributed by atoms with van der Waals surface area (Å²) in [6.07, 6.45) is 0. The van der Waals surface area contributed by atoms with Crippen molar-refractivity contribution in [2.75, 3.05) is 18.1 Å². The van der Waals surface area contributed by atoms with E-state index in [0.29, 0.717) is 19.6 Å². The molecule has 1 aromatic carbocycles. The Kier molecular flexibility index (Phi) is 3.77. The Morgan fingerprint density at radius 3 is 2.86 bits per heavy atom. The van der Waals surface area contributed by atoms with Gasteiger partial charge in [-0.05, 0) is 13.0 Å². The van der Waals surface area contributed by atoms with Gasteiger partial charge in [0.2, 0.25) is 0 Å². The molecule has 3 rings (SSSR count). The fourth-order valence-electron chi connectivity index (χ4n) is 2.96. The van der Waals surface area contributed by atoms with Crippen LogP contribution >= 0.6 is 0 Å². The van der Waals surface area contributed by atoms with Gasteiger partial charge in [0.25, 0.3) is 0 Å². The molecule has 1 aliphatic heterocycles. The molecule has 21 heavy (non-hydrogen) atoms. The van der Waals surface area contributed by atoms with Crippen LogP contribution in [0.25, 0.3) is 11.0 Å². The van der Waals surface area contributed by atoms with Crippen LogP contribution in [0.1, 0.15) is 18.2 Å². The minimum atomic E-state index is -2.89. The lowest BCUT2D eigenvalue weighted by Crippen LogP contribution is -2.46. The lowest BCUT2D eigenvalue weighted by atomic mass is 10.1. The molecule has 0 spiro atoms. The van der Waals surface area contributed by atoms with Gasteiger partial charge in [-0.25, -0.2) is 8.42 Å². The van der Waals surface area contributed by atoms with Crippen LogP contribution in [0.2, 0.25) is 0 Å². The molecule has 1 fully saturated rings. The van der Waals surface area contributed by atoms with Crippen molar-refractivity contribution in [3.05, 3.63) is 35.6 Å². The fourth-order valence-corrected chi connectivity index (χ4v) is 4.58. The summed E-state index contributed by atoms with van der Waals surface area (Å²) in [5, 5.41) is 1.07. The van der Waals surface area contributed by atoms with Crippen molar-refractivity contribution >= 4 is 20.8 Å². The van der Waals surface area contributed by atoms with Crippen LogP contribution in [-0.4, -0.2) is 37.4 Å². The van der Waals surface area contributed by atoms with Crippen LogP contribution in [0, 0.1) is 0 Å². The number of nitrogens with two attached hydrogens (primary N) is 1. The summed E-state index contributed by atoms with van der Waals surface area (Å²) < 4.78 is 29.2. The van der Waals surface area contributed by atoms with E-state index < -0.39 is 9.84 Å². The number of sulfone groups is 1. The van der Waals surface area contributed by atoms with E-state index in [2.05, 4.69) is 4.90 Å². The van der Waals surface area contributed by atoms with Crippen LogP contribution in [0.4, 0.5) is 0 Å². The normalized spacial score (nSPS) is 22.7. The second-order valence-electron chi connectivity index (χ2n) is 5.64. The molecule has 1 atom stereocenters. The maximum Gasteiger partial charge on any atom is 0.153 e. The summed E-state index contributed by atoms with van der Waals surface area (Å²) in [7, 11) is -2.89. The molecular weight excluding hydrogens is 288 g/mol. The van der Waals surface area contributed by atoms with Crippen molar-refractivity contribution in [3.63, 3.8) is 0 Å². The standard InChI is InChI=1S/C15H20N2O3S/c1-11-10-21(18,19)7-6-17(11)9-13-12-4-2-3-5-14(12)20-15(13)8-16/h2-5,11H,6-10,16H2,1H3. The van der Waals surface area contributed by atoms with Gasteiger partial charge in [-0.1, -0.05) is 18.2 Å². The molecule has 0 radical (unpaired) electrons. The second-order valence-corrected chi connectivity index (χ2v) is 7.87. The van der Waals surface area contributed by atoms with E-state index in [0.717, 1.165) is 22.3 Å². The third kappa shape index (κ3) is 2.84. The number of nitrogens with zero attached hydrogens (tertiary/aromatic N) is 1. The summed E-state index contributed by atoms with van der Waals surface area (Å²) in [6.45, 7) is 3.55. The Morgan fingerprint density at radius 1 is 1.38 bits per heavy atom. The van der Waals surface area contributed by atoms with Gasteiger partial charge < -0.3 is 10.2 Å². The minimum absolute atomic E-state index is 0.0167. The smallest absolute Gasteiger partial charge is 0.153 e. The molecule has 0 amide bonds. The number of para-hydroxylation sites is 1. The molecule has 1 saturated heterocycles. The molecule has 6 heteroatoms. The molecule has 1 aromatic heterocycles. The van der Waals surface area contributed by atoms with Crippen molar-refractivity contribution in [3.8, 4) is 0 Å². The first-order chi connectivity index (χ1) is 10.00. The Hall–Kier alpha value is -1.37. The summed E-state index contributed by atoms with van der Waals surface area (Å²) in [5.74, 6) is 1.24. The highest BCUT2D eigenvalue weighted by molar-refractivity contribution is 7.91. The first-order valence-electron chi connectivity index (χ1n) is 7.14. The van der Waals surface area contributed by atoms with Gasteiger partial charge in [-0.3, -0.25) is 4.90 Å². The molecule has 5 nitrogen and oxygen atoms in total. The monoisotopic (exact) mass is 308 g/mol. The third-order valence-corrected chi connectivity index (χ3v) is 5.93. The minimum Gasteiger partial charge on any atom is -0.459 e. The number of rotatable bonds is 3. The molecule has 1 unspecified atom stereocenters. The third-order valence-electron chi connectivity index (χ3n) is 4.14. The molecule has 2 N–H and O–H groups in total. The zero-order chi connectivity index (χ0) is 15.0. The zero-order valence-electron chi connectivity index (χ0n) is 12.1. The number of benzene rings is 1. The van der Waals surface area contributed by atoms with E-state index in [-0.39, 0.29) is 17.5 Å². The van der Waals surface area contributed by atoms with E-state index >= 15 is 0 Å². The molecule has 114 valence electrons. The highest BCUT2D eigenvalue weighted by atomic mass is 32.2. The van der Waals surface area contributed by atoms with E-state index in [4.69, 9.17) is 10.2 Å². The molecule has 0 saturated carbocycles. The average Bonchev–Trinajstić information content (AvgIpc) is 2.79. The first-order valence-corrected chi connectivity index (χ1v) is 8.96. The van der Waals surface area contributed by atoms with Gasteiger partial charge in [-0.15, -0.1) is 0 Å². The highest BCUT2D eigenvalue weighted by Crippen LogP contribution is 2.28. The summed E-state index contributed by atoms with van der Waals surface area (Å²) in [4.78, 5) is 2.19. The zero-order valence-corrected chi connectivity index (χ0v) is 12.9. The number of hydrogen-bond donors (Lipinski definition) is 1. The maximum atomic E-state index is 11.7. The predicted octanol–water partition coefficient (Wildman–Crippen LogP) is 1.51. The number of furan rings is 1. The molecule has 2 heterocycles. The van der Waals surface area contributed by atoms with Crippen molar-refractivity contribution in [2.45, 2.75) is 26.1 Å². The highest BCUT2D eigenvalue weighted by Gasteiger charge is 2.29. The van der Waals surface area contributed by atoms with Gasteiger partial charge in [0.1, 0.15) is 11.3 Å². The average molecular weight is 308 g/mol. The summed E-state index contributed by atoms with van der Waals surface area (Å²) >= 11 is 0. The van der Waals surface area contributed by atoms with Crippen LogP contribution in [0.5, 0.6) is 0 Å². The van der Waals surface area contributed by atoms with Crippen LogP contribution < -0.4 is 5.73 Å². The molecule has 0 aliphatic carbocycles. The predicted molar refractivity (Wildman–Crippen MR) is 82.6 cm³/mol. The largest absolute Gasteiger partial charge is 0.459 e. The second kappa shape index (κ2) is 5.44. The fraction of sp³-hybridized carbons (Fsp3) is 0.467. The quantitative estimate of drug-likeness (QED) is 0.930. The van der Waals surface area contributed by atoms with Crippen molar-refractivity contribution in [1.82, 2.24) is 4.90 Å². The molecular formula is C15H20N2O3S. The number of fused-ring (bicyclic) bond motifs is 1. The van der Waals surface area contributed by atoms with Crippen molar-refractivity contribution in [1.29, 1.82) is 0 Å². The van der Waals surface area contributed by atoms with Gasteiger partial charge in [0.15, 0.2) is 9.84 Å². The lowest BCUT2D eigenvalue weighted by Gasteiger charge is -2.33. The Morgan fingerprint density at radius 2 is 2.14 bits per heavy atom. The molecule has 0 bridgehead atoms. The Bertz CT molecular complexity index is 751. The lowest BCUT2D eigenvalue weighted by molar-refractivity contribution is 0.217. The van der Waals surface area contributed by atoms with Crippen molar-refractivity contribution < 1.29 is 12.8 Å². The van der Waals surface area contributed by atoms with Crippen LogP contribution in [-0.2, 0) is 22.9 Å². The Labute approximate surface area is 124 Å². The van der Waals surface area contributed by atoms with Crippen LogP contribution in [0.3, 0.4) is 0 Å². The van der Waals surface area contributed by atoms with Gasteiger partial charge in [-0.2, -0.15) is 0 Å². The Balaban J connectivity index is 1.91. The maximum absolute atomic E-state index is 11.7. The SMILES string of the molecule is CC1CS(=O)(=O)CCN1Cc1c(CN)oc2ccccc12. The van der Waals surface area contributed by atoms with E-state index in [1.807, 2.05) is 31.2 Å². The van der Waals surface area contributed by atoms with Gasteiger partial charge in [0, 0.05) is 30.1 Å². The molecule has 1 aliphatic rings. The first kappa shape index (κ1) is 14.6. The topological polar surface area (TPSA) is 76.5 Å². The van der Waals surface area contributed by atoms with Crippen molar-refractivity contribution in [2.24, 2.45) is 5.73 Å². The van der Waals surface area contributed by atoms with E-state index in [1.165, 1.54) is 0 Å². The van der Waals surface area contributed by atoms with Gasteiger partial charge >= 0.3 is 0 Å². The number of hydrogen-bond acceptors (Lipinski definition) is 5. The van der Waals surface area contributed by atoms with Crippen LogP contribution in [0.15, 0.2) is 28.7 Å². The summed E-state index contributed by atoms with van der Waals surface area (Å²) in [6, 6.07) is 7.89. The van der Waals surface area contributed by atoms with E-state index in [9.17, 15) is 8.42 Å². The molecule has 2 aromatic rings. The summed E-state index contributed by atoms with van der Waals surface area (Å²) in [5.41, 5.74) is 7.71.